The van der Waals surface area contributed by atoms with Crippen molar-refractivity contribution in [3.05, 3.63) is 30.6 Å². The van der Waals surface area contributed by atoms with Crippen LogP contribution in [0.3, 0.4) is 0 Å². The highest BCUT2D eigenvalue weighted by Crippen LogP contribution is 2.00. The molecular weight excluding hydrogens is 166 g/mol. The number of pyridine rings is 1. The van der Waals surface area contributed by atoms with Gasteiger partial charge in [0.25, 0.3) is 0 Å². The summed E-state index contributed by atoms with van der Waals surface area (Å²) in [5.41, 5.74) is 0. The highest BCUT2D eigenvalue weighted by atomic mass is 16.7. The van der Waals surface area contributed by atoms with Gasteiger partial charge in [-0.05, 0) is 13.8 Å². The number of aromatic nitrogens is 1. The van der Waals surface area contributed by atoms with E-state index < -0.39 is 0 Å². The average Bonchev–Trinajstić information content (AvgIpc) is 2.19. The van der Waals surface area contributed by atoms with Crippen LogP contribution in [-0.4, -0.2) is 13.2 Å². The minimum atomic E-state index is -0.295. The first-order valence-corrected chi connectivity index (χ1v) is 4.57. The predicted molar refractivity (Wildman–Crippen MR) is 48.9 cm³/mol. The van der Waals surface area contributed by atoms with Crippen LogP contribution < -0.4 is 4.57 Å². The maximum atomic E-state index is 5.41. The molecule has 0 aromatic carbocycles. The van der Waals surface area contributed by atoms with Gasteiger partial charge in [0.2, 0.25) is 0 Å². The van der Waals surface area contributed by atoms with Crippen molar-refractivity contribution in [1.82, 2.24) is 0 Å². The minimum absolute atomic E-state index is 0.295. The van der Waals surface area contributed by atoms with Crippen molar-refractivity contribution < 1.29 is 14.0 Å². The Balaban J connectivity index is 2.64. The molecule has 0 aliphatic carbocycles. The number of nitrogens with zero attached hydrogens (tertiary/aromatic N) is 1. The van der Waals surface area contributed by atoms with Gasteiger partial charge in [0, 0.05) is 12.1 Å². The van der Waals surface area contributed by atoms with Crippen LogP contribution in [0.4, 0.5) is 0 Å². The molecule has 0 radical (unpaired) electrons. The molecule has 0 aliphatic rings. The summed E-state index contributed by atoms with van der Waals surface area (Å²) >= 11 is 0. The van der Waals surface area contributed by atoms with Crippen molar-refractivity contribution in [3.63, 3.8) is 0 Å². The quantitative estimate of drug-likeness (QED) is 0.508. The van der Waals surface area contributed by atoms with Gasteiger partial charge in [-0.25, -0.2) is 0 Å². The second-order valence-corrected chi connectivity index (χ2v) is 2.54. The maximum Gasteiger partial charge on any atom is 0.381 e. The molecule has 0 N–H and O–H groups in total. The molecule has 3 heteroatoms. The van der Waals surface area contributed by atoms with Crippen molar-refractivity contribution in [2.75, 3.05) is 13.2 Å². The fourth-order valence-electron chi connectivity index (χ4n) is 1.06. The lowest BCUT2D eigenvalue weighted by atomic mass is 10.5. The van der Waals surface area contributed by atoms with Crippen LogP contribution in [0.5, 0.6) is 0 Å². The Kier molecular flexibility index (Phi) is 4.43. The third-order valence-corrected chi connectivity index (χ3v) is 1.60. The van der Waals surface area contributed by atoms with Gasteiger partial charge in [0.1, 0.15) is 0 Å². The zero-order valence-corrected chi connectivity index (χ0v) is 8.14. The number of ether oxygens (including phenoxy) is 2. The van der Waals surface area contributed by atoms with E-state index in [1.165, 1.54) is 0 Å². The fraction of sp³-hybridized carbons (Fsp3) is 0.500. The minimum Gasteiger partial charge on any atom is -0.297 e. The molecule has 0 aliphatic heterocycles. The largest absolute Gasteiger partial charge is 0.381 e. The van der Waals surface area contributed by atoms with E-state index in [2.05, 4.69) is 0 Å². The summed E-state index contributed by atoms with van der Waals surface area (Å²) in [6.07, 6.45) is 3.56. The summed E-state index contributed by atoms with van der Waals surface area (Å²) in [7, 11) is 0. The van der Waals surface area contributed by atoms with E-state index in [-0.39, 0.29) is 6.41 Å². The van der Waals surface area contributed by atoms with Gasteiger partial charge in [-0.2, -0.15) is 4.57 Å². The summed E-state index contributed by atoms with van der Waals surface area (Å²) in [6, 6.07) is 5.86. The van der Waals surface area contributed by atoms with E-state index in [4.69, 9.17) is 9.47 Å². The summed E-state index contributed by atoms with van der Waals surface area (Å²) in [4.78, 5) is 0. The van der Waals surface area contributed by atoms with E-state index in [9.17, 15) is 0 Å². The van der Waals surface area contributed by atoms with Crippen LogP contribution in [0.2, 0.25) is 0 Å². The molecule has 0 spiro atoms. The van der Waals surface area contributed by atoms with Gasteiger partial charge in [0.05, 0.1) is 13.2 Å². The van der Waals surface area contributed by atoms with Crippen LogP contribution in [0.1, 0.15) is 20.3 Å². The standard InChI is InChI=1S/C10H16NO2/c1-3-12-10(13-4-2)11-8-6-5-7-9-11/h5-10H,3-4H2,1-2H3/q+1. The van der Waals surface area contributed by atoms with E-state index in [0.717, 1.165) is 0 Å². The Hall–Kier alpha value is -0.930. The molecule has 0 saturated carbocycles. The van der Waals surface area contributed by atoms with Crippen molar-refractivity contribution in [2.24, 2.45) is 0 Å². The average molecular weight is 182 g/mol. The highest BCUT2D eigenvalue weighted by molar-refractivity contribution is 4.83. The lowest BCUT2D eigenvalue weighted by molar-refractivity contribution is -0.805. The number of hydrogen-bond donors (Lipinski definition) is 0. The van der Waals surface area contributed by atoms with Crippen LogP contribution >= 0.6 is 0 Å². The van der Waals surface area contributed by atoms with E-state index in [0.29, 0.717) is 13.2 Å². The molecule has 0 fully saturated rings. The zero-order chi connectivity index (χ0) is 9.52. The molecule has 72 valence electrons. The van der Waals surface area contributed by atoms with Gasteiger partial charge in [-0.1, -0.05) is 6.07 Å². The third-order valence-electron chi connectivity index (χ3n) is 1.60. The Morgan fingerprint density at radius 3 is 2.00 bits per heavy atom. The number of rotatable bonds is 5. The summed E-state index contributed by atoms with van der Waals surface area (Å²) in [5.74, 6) is 0. The molecule has 1 heterocycles. The van der Waals surface area contributed by atoms with E-state index >= 15 is 0 Å². The number of hydrogen-bond acceptors (Lipinski definition) is 2. The zero-order valence-electron chi connectivity index (χ0n) is 8.14. The summed E-state index contributed by atoms with van der Waals surface area (Å²) < 4.78 is 12.7. The normalized spacial score (nSPS) is 10.7. The Morgan fingerprint density at radius 1 is 1.00 bits per heavy atom. The molecule has 0 unspecified atom stereocenters. The SMILES string of the molecule is CCOC(OCC)[n+]1ccccc1. The first-order chi connectivity index (χ1) is 6.38. The third kappa shape index (κ3) is 3.13. The van der Waals surface area contributed by atoms with Crippen molar-refractivity contribution in [3.8, 4) is 0 Å². The maximum absolute atomic E-state index is 5.41. The molecule has 1 rings (SSSR count). The molecule has 0 amide bonds. The second-order valence-electron chi connectivity index (χ2n) is 2.54. The van der Waals surface area contributed by atoms with Crippen LogP contribution in [0.15, 0.2) is 30.6 Å². The van der Waals surface area contributed by atoms with Crippen molar-refractivity contribution >= 4 is 0 Å². The molecule has 0 saturated heterocycles. The van der Waals surface area contributed by atoms with E-state index in [1.54, 1.807) is 0 Å². The second kappa shape index (κ2) is 5.67. The topological polar surface area (TPSA) is 22.3 Å². The van der Waals surface area contributed by atoms with E-state index in [1.807, 2.05) is 49.0 Å². The Bertz CT molecular complexity index is 220. The molecule has 1 aromatic rings. The molecule has 0 atom stereocenters. The molecule has 13 heavy (non-hydrogen) atoms. The molecule has 0 bridgehead atoms. The molecule has 1 aromatic heterocycles. The van der Waals surface area contributed by atoms with Crippen molar-refractivity contribution in [1.29, 1.82) is 0 Å². The first-order valence-electron chi connectivity index (χ1n) is 4.57. The predicted octanol–water partition coefficient (Wildman–Crippen LogP) is 1.50. The van der Waals surface area contributed by atoms with Gasteiger partial charge < -0.3 is 0 Å². The van der Waals surface area contributed by atoms with Gasteiger partial charge in [0.15, 0.2) is 12.4 Å². The van der Waals surface area contributed by atoms with Crippen LogP contribution in [0.25, 0.3) is 0 Å². The Morgan fingerprint density at radius 2 is 1.54 bits per heavy atom. The van der Waals surface area contributed by atoms with Gasteiger partial charge >= 0.3 is 6.41 Å². The van der Waals surface area contributed by atoms with Crippen LogP contribution in [0, 0.1) is 0 Å². The molecular formula is C10H16NO2+. The summed E-state index contributed by atoms with van der Waals surface area (Å²) in [6.45, 7) is 5.20. The van der Waals surface area contributed by atoms with Gasteiger partial charge in [-0.15, -0.1) is 0 Å². The summed E-state index contributed by atoms with van der Waals surface area (Å²) in [5, 5.41) is 0. The van der Waals surface area contributed by atoms with Crippen molar-refractivity contribution in [2.45, 2.75) is 20.3 Å². The molecule has 3 nitrogen and oxygen atoms in total. The lowest BCUT2D eigenvalue weighted by Gasteiger charge is -2.10. The van der Waals surface area contributed by atoms with Crippen LogP contribution in [-0.2, 0) is 9.47 Å². The first kappa shape index (κ1) is 10.2. The monoisotopic (exact) mass is 182 g/mol. The lowest BCUT2D eigenvalue weighted by Crippen LogP contribution is -2.41. The Labute approximate surface area is 78.9 Å². The smallest absolute Gasteiger partial charge is 0.297 e. The van der Waals surface area contributed by atoms with Gasteiger partial charge in [-0.3, -0.25) is 9.47 Å². The highest BCUT2D eigenvalue weighted by Gasteiger charge is 2.16. The fourth-order valence-corrected chi connectivity index (χ4v) is 1.06.